The van der Waals surface area contributed by atoms with Crippen molar-refractivity contribution in [3.63, 3.8) is 0 Å². The van der Waals surface area contributed by atoms with Crippen LogP contribution in [0.1, 0.15) is 72.1 Å². The van der Waals surface area contributed by atoms with Crippen LogP contribution in [0.4, 0.5) is 0 Å². The quantitative estimate of drug-likeness (QED) is 0.307. The van der Waals surface area contributed by atoms with E-state index in [1.165, 1.54) is 44.9 Å². The average Bonchev–Trinajstić information content (AvgIpc) is 2.16. The van der Waals surface area contributed by atoms with Crippen LogP contribution in [-0.2, 0) is 0 Å². The lowest BCUT2D eigenvalue weighted by Crippen LogP contribution is -2.20. The normalized spacial score (nSPS) is 12.4. The Morgan fingerprint density at radius 1 is 0.867 bits per heavy atom. The van der Waals surface area contributed by atoms with E-state index in [1.54, 1.807) is 0 Å². The maximum absolute atomic E-state index is 4.60. The lowest BCUT2D eigenvalue weighted by atomic mass is 10.0. The predicted molar refractivity (Wildman–Crippen MR) is 78.2 cm³/mol. The fraction of sp³-hybridized carbons (Fsp3) is 1.00. The molecule has 0 amide bonds. The summed E-state index contributed by atoms with van der Waals surface area (Å²) in [5.41, 5.74) is 0. The molecule has 0 heterocycles. The first-order chi connectivity index (χ1) is 7.00. The predicted octanol–water partition coefficient (Wildman–Crippen LogP) is 5.34. The largest absolute Gasteiger partial charge is 0.162 e. The van der Waals surface area contributed by atoms with Crippen LogP contribution in [0.2, 0.25) is 0 Å². The highest BCUT2D eigenvalue weighted by Gasteiger charge is 2.23. The molecule has 0 aromatic carbocycles. The van der Waals surface area contributed by atoms with Crippen LogP contribution in [0.15, 0.2) is 0 Å². The van der Waals surface area contributed by atoms with E-state index < -0.39 is 0 Å². The molecule has 0 bridgehead atoms. The molecule has 0 rings (SSSR count). The van der Waals surface area contributed by atoms with Gasteiger partial charge in [0.25, 0.3) is 0 Å². The smallest absolute Gasteiger partial charge is 0.0574 e. The molecular weight excluding hydrogens is 220 g/mol. The molecule has 0 aromatic rings. The molecule has 0 radical (unpaired) electrons. The van der Waals surface area contributed by atoms with E-state index >= 15 is 0 Å². The second-order valence-electron chi connectivity index (χ2n) is 4.90. The SMILES string of the molecule is CCCCCCCCCC(S)(S)C(C)C. The number of hydrogen-bond acceptors (Lipinski definition) is 2. The van der Waals surface area contributed by atoms with Gasteiger partial charge < -0.3 is 0 Å². The molecule has 0 aliphatic heterocycles. The monoisotopic (exact) mass is 248 g/mol. The Kier molecular flexibility index (Phi) is 9.22. The molecule has 0 aliphatic carbocycles. The van der Waals surface area contributed by atoms with Crippen LogP contribution >= 0.6 is 25.3 Å². The van der Waals surface area contributed by atoms with Gasteiger partial charge in [-0.15, -0.1) is 0 Å². The topological polar surface area (TPSA) is 0 Å². The molecule has 0 spiro atoms. The van der Waals surface area contributed by atoms with E-state index in [0.717, 1.165) is 6.42 Å². The average molecular weight is 249 g/mol. The summed E-state index contributed by atoms with van der Waals surface area (Å²) in [7, 11) is 0. The van der Waals surface area contributed by atoms with Crippen molar-refractivity contribution >= 4 is 25.3 Å². The summed E-state index contributed by atoms with van der Waals surface area (Å²) in [6.45, 7) is 6.65. The Bertz CT molecular complexity index is 141. The lowest BCUT2D eigenvalue weighted by molar-refractivity contribution is 0.499. The van der Waals surface area contributed by atoms with Crippen molar-refractivity contribution in [2.45, 2.75) is 76.2 Å². The number of rotatable bonds is 9. The van der Waals surface area contributed by atoms with Gasteiger partial charge in [0, 0.05) is 0 Å². The minimum Gasteiger partial charge on any atom is -0.162 e. The van der Waals surface area contributed by atoms with E-state index in [9.17, 15) is 0 Å². The van der Waals surface area contributed by atoms with E-state index in [1.807, 2.05) is 0 Å². The third-order valence-electron chi connectivity index (χ3n) is 3.07. The van der Waals surface area contributed by atoms with Crippen molar-refractivity contribution in [2.75, 3.05) is 0 Å². The molecule has 0 N–H and O–H groups in total. The van der Waals surface area contributed by atoms with Crippen LogP contribution < -0.4 is 0 Å². The van der Waals surface area contributed by atoms with E-state index in [2.05, 4.69) is 46.0 Å². The first kappa shape index (κ1) is 15.7. The zero-order valence-electron chi connectivity index (χ0n) is 10.6. The summed E-state index contributed by atoms with van der Waals surface area (Å²) in [4.78, 5) is 0. The van der Waals surface area contributed by atoms with E-state index in [0.29, 0.717) is 5.92 Å². The van der Waals surface area contributed by atoms with Gasteiger partial charge in [-0.1, -0.05) is 65.7 Å². The fourth-order valence-corrected chi connectivity index (χ4v) is 1.95. The van der Waals surface area contributed by atoms with Gasteiger partial charge in [-0.25, -0.2) is 0 Å². The maximum Gasteiger partial charge on any atom is 0.0574 e. The van der Waals surface area contributed by atoms with Crippen molar-refractivity contribution < 1.29 is 0 Å². The number of thiol groups is 2. The molecule has 0 saturated heterocycles. The van der Waals surface area contributed by atoms with Gasteiger partial charge in [0.2, 0.25) is 0 Å². The zero-order chi connectivity index (χ0) is 11.7. The third kappa shape index (κ3) is 8.50. The summed E-state index contributed by atoms with van der Waals surface area (Å²) in [6, 6.07) is 0. The van der Waals surface area contributed by atoms with Gasteiger partial charge in [-0.05, 0) is 12.3 Å². The molecule has 2 heteroatoms. The summed E-state index contributed by atoms with van der Waals surface area (Å²) in [5.74, 6) is 0.546. The minimum atomic E-state index is -0.0661. The summed E-state index contributed by atoms with van der Waals surface area (Å²) in [6.07, 6.45) is 10.7. The van der Waals surface area contributed by atoms with Gasteiger partial charge in [0.05, 0.1) is 4.08 Å². The summed E-state index contributed by atoms with van der Waals surface area (Å²) in [5, 5.41) is 0. The van der Waals surface area contributed by atoms with Gasteiger partial charge in [0.15, 0.2) is 0 Å². The second-order valence-corrected chi connectivity index (χ2v) is 6.85. The van der Waals surface area contributed by atoms with Crippen molar-refractivity contribution in [1.29, 1.82) is 0 Å². The molecule has 0 unspecified atom stereocenters. The summed E-state index contributed by atoms with van der Waals surface area (Å²) < 4.78 is -0.0661. The van der Waals surface area contributed by atoms with E-state index in [-0.39, 0.29) is 4.08 Å². The zero-order valence-corrected chi connectivity index (χ0v) is 12.4. The fourth-order valence-electron chi connectivity index (χ4n) is 1.63. The van der Waals surface area contributed by atoms with Crippen molar-refractivity contribution in [2.24, 2.45) is 5.92 Å². The van der Waals surface area contributed by atoms with Gasteiger partial charge in [-0.2, -0.15) is 25.3 Å². The van der Waals surface area contributed by atoms with Crippen LogP contribution in [0.25, 0.3) is 0 Å². The van der Waals surface area contributed by atoms with Gasteiger partial charge in [0.1, 0.15) is 0 Å². The van der Waals surface area contributed by atoms with Crippen molar-refractivity contribution in [1.82, 2.24) is 0 Å². The first-order valence-electron chi connectivity index (χ1n) is 6.45. The highest BCUT2D eigenvalue weighted by atomic mass is 32.2. The van der Waals surface area contributed by atoms with Crippen LogP contribution in [0.5, 0.6) is 0 Å². The number of hydrogen-bond donors (Lipinski definition) is 2. The molecule has 0 saturated carbocycles. The molecule has 0 atom stereocenters. The molecule has 15 heavy (non-hydrogen) atoms. The molecule has 92 valence electrons. The second kappa shape index (κ2) is 8.81. The Hall–Kier alpha value is 0.700. The molecule has 0 aliphatic rings. The van der Waals surface area contributed by atoms with Crippen molar-refractivity contribution in [3.8, 4) is 0 Å². The van der Waals surface area contributed by atoms with Crippen LogP contribution in [0.3, 0.4) is 0 Å². The number of unbranched alkanes of at least 4 members (excludes halogenated alkanes) is 6. The molecular formula is C13H28S2. The Labute approximate surface area is 107 Å². The highest BCUT2D eigenvalue weighted by Crippen LogP contribution is 2.34. The van der Waals surface area contributed by atoms with Crippen molar-refractivity contribution in [3.05, 3.63) is 0 Å². The van der Waals surface area contributed by atoms with Gasteiger partial charge in [-0.3, -0.25) is 0 Å². The molecule has 0 aromatic heterocycles. The summed E-state index contributed by atoms with van der Waals surface area (Å²) >= 11 is 9.21. The third-order valence-corrected chi connectivity index (χ3v) is 4.55. The lowest BCUT2D eigenvalue weighted by Gasteiger charge is -2.26. The minimum absolute atomic E-state index is 0.0661. The first-order valence-corrected chi connectivity index (χ1v) is 7.35. The Balaban J connectivity index is 3.31. The van der Waals surface area contributed by atoms with Crippen LogP contribution in [0, 0.1) is 5.92 Å². The molecule has 0 fully saturated rings. The maximum atomic E-state index is 4.60. The highest BCUT2D eigenvalue weighted by molar-refractivity contribution is 8.00. The van der Waals surface area contributed by atoms with E-state index in [4.69, 9.17) is 0 Å². The standard InChI is InChI=1S/C13H28S2/c1-4-5-6-7-8-9-10-11-13(14,15)12(2)3/h12,14-15H,4-11H2,1-3H3. The van der Waals surface area contributed by atoms with Gasteiger partial charge >= 0.3 is 0 Å². The Morgan fingerprint density at radius 3 is 1.80 bits per heavy atom. The Morgan fingerprint density at radius 2 is 1.33 bits per heavy atom. The molecule has 0 nitrogen and oxygen atoms in total. The van der Waals surface area contributed by atoms with Crippen LogP contribution in [-0.4, -0.2) is 4.08 Å².